The van der Waals surface area contributed by atoms with Crippen molar-refractivity contribution in [3.8, 4) is 0 Å². The zero-order valence-corrected chi connectivity index (χ0v) is 12.1. The Labute approximate surface area is 120 Å². The lowest BCUT2D eigenvalue weighted by atomic mass is 9.88. The summed E-state index contributed by atoms with van der Waals surface area (Å²) in [7, 11) is 0. The number of carbonyl (C=O) groups excluding carboxylic acids is 2. The van der Waals surface area contributed by atoms with Gasteiger partial charge in [-0.3, -0.25) is 14.2 Å². The first-order chi connectivity index (χ1) is 9.87. The molecule has 0 saturated heterocycles. The molecule has 0 atom stereocenters. The van der Waals surface area contributed by atoms with Crippen LogP contribution in [0, 0.1) is 5.41 Å². The normalized spacial score (nSPS) is 11.6. The molecule has 2 heterocycles. The first-order valence-electron chi connectivity index (χ1n) is 6.52. The van der Waals surface area contributed by atoms with Crippen molar-refractivity contribution >= 4 is 23.0 Å². The molecule has 2 rings (SSSR count). The van der Waals surface area contributed by atoms with Crippen LogP contribution in [0.4, 0.5) is 0 Å². The average molecular weight is 292 g/mol. The zero-order valence-electron chi connectivity index (χ0n) is 12.1. The Morgan fingerprint density at radius 2 is 2.14 bits per heavy atom. The number of nitrogens with zero attached hydrogens (tertiary/aromatic N) is 2. The highest BCUT2D eigenvalue weighted by molar-refractivity contribution is 6.03. The summed E-state index contributed by atoms with van der Waals surface area (Å²) in [6, 6.07) is 3.21. The van der Waals surface area contributed by atoms with Crippen LogP contribution in [-0.4, -0.2) is 27.9 Å². The molecule has 0 unspecified atom stereocenters. The topological polar surface area (TPSA) is 91.4 Å². The van der Waals surface area contributed by atoms with Gasteiger partial charge in [0.2, 0.25) is 0 Å². The number of oxazole rings is 1. The summed E-state index contributed by atoms with van der Waals surface area (Å²) >= 11 is 0. The van der Waals surface area contributed by atoms with E-state index in [0.29, 0.717) is 5.58 Å². The lowest BCUT2D eigenvalue weighted by Crippen LogP contribution is -2.38. The fourth-order valence-corrected chi connectivity index (χ4v) is 1.81. The number of esters is 1. The highest BCUT2D eigenvalue weighted by Gasteiger charge is 2.37. The summed E-state index contributed by atoms with van der Waals surface area (Å²) in [5.41, 5.74) is -0.770. The summed E-state index contributed by atoms with van der Waals surface area (Å²) in [6.07, 6.45) is 1.49. The molecule has 0 saturated carbocycles. The van der Waals surface area contributed by atoms with Crippen LogP contribution in [0.2, 0.25) is 0 Å². The quantitative estimate of drug-likeness (QED) is 0.606. The minimum atomic E-state index is -1.34. The van der Waals surface area contributed by atoms with E-state index in [0.717, 1.165) is 4.57 Å². The molecule has 0 amide bonds. The molecule has 0 N–H and O–H groups in total. The van der Waals surface area contributed by atoms with Crippen LogP contribution in [0.25, 0.3) is 11.2 Å². The molecule has 21 heavy (non-hydrogen) atoms. The van der Waals surface area contributed by atoms with Crippen molar-refractivity contribution < 1.29 is 18.7 Å². The molecule has 0 radical (unpaired) electrons. The Kier molecular flexibility index (Phi) is 3.93. The van der Waals surface area contributed by atoms with Crippen molar-refractivity contribution in [3.05, 3.63) is 28.9 Å². The monoisotopic (exact) mass is 292 g/mol. The van der Waals surface area contributed by atoms with E-state index < -0.39 is 22.9 Å². The molecule has 0 spiro atoms. The van der Waals surface area contributed by atoms with Crippen LogP contribution < -0.4 is 5.76 Å². The fourth-order valence-electron chi connectivity index (χ4n) is 1.81. The molecular weight excluding hydrogens is 276 g/mol. The lowest BCUT2D eigenvalue weighted by molar-refractivity contribution is -0.158. The van der Waals surface area contributed by atoms with Gasteiger partial charge in [0.15, 0.2) is 17.0 Å². The van der Waals surface area contributed by atoms with E-state index in [2.05, 4.69) is 4.98 Å². The summed E-state index contributed by atoms with van der Waals surface area (Å²) < 4.78 is 11.0. The fraction of sp³-hybridized carbons (Fsp3) is 0.429. The van der Waals surface area contributed by atoms with Gasteiger partial charge in [-0.1, -0.05) is 0 Å². The van der Waals surface area contributed by atoms with Gasteiger partial charge in [-0.15, -0.1) is 0 Å². The predicted octanol–water partition coefficient (Wildman–Crippen LogP) is 1.15. The molecular formula is C14H16N2O5. The van der Waals surface area contributed by atoms with Crippen LogP contribution >= 0.6 is 0 Å². The maximum Gasteiger partial charge on any atom is 0.421 e. The maximum absolute atomic E-state index is 12.3. The van der Waals surface area contributed by atoms with Crippen LogP contribution in [0.3, 0.4) is 0 Å². The number of rotatable bonds is 5. The van der Waals surface area contributed by atoms with Crippen LogP contribution in [0.1, 0.15) is 20.8 Å². The molecule has 0 fully saturated rings. The molecule has 0 aromatic carbocycles. The summed E-state index contributed by atoms with van der Waals surface area (Å²) in [5.74, 6) is -1.75. The maximum atomic E-state index is 12.3. The standard InChI is InChI=1S/C14H16N2O5/c1-4-20-12(18)14(2,3)10(17)8-16-11-9(21-13(16)19)6-5-7-15-11/h5-7H,4,8H2,1-3H3. The number of aromatic nitrogens is 2. The minimum absolute atomic E-state index is 0.186. The van der Waals surface area contributed by atoms with E-state index in [1.165, 1.54) is 20.0 Å². The number of hydrogen-bond acceptors (Lipinski definition) is 6. The molecule has 112 valence electrons. The minimum Gasteiger partial charge on any atom is -0.465 e. The Bertz CT molecular complexity index is 741. The van der Waals surface area contributed by atoms with Crippen molar-refractivity contribution in [2.75, 3.05) is 6.61 Å². The van der Waals surface area contributed by atoms with Gasteiger partial charge < -0.3 is 9.15 Å². The van der Waals surface area contributed by atoms with Crippen LogP contribution in [0.5, 0.6) is 0 Å². The van der Waals surface area contributed by atoms with E-state index in [-0.39, 0.29) is 18.8 Å². The van der Waals surface area contributed by atoms with E-state index in [4.69, 9.17) is 9.15 Å². The Hall–Kier alpha value is -2.44. The number of ether oxygens (including phenoxy) is 1. The highest BCUT2D eigenvalue weighted by Crippen LogP contribution is 2.20. The lowest BCUT2D eigenvalue weighted by Gasteiger charge is -2.20. The number of pyridine rings is 1. The van der Waals surface area contributed by atoms with Crippen LogP contribution in [0.15, 0.2) is 27.5 Å². The number of ketones is 1. The Morgan fingerprint density at radius 1 is 1.43 bits per heavy atom. The average Bonchev–Trinajstić information content (AvgIpc) is 2.75. The second-order valence-corrected chi connectivity index (χ2v) is 5.05. The molecule has 0 aliphatic heterocycles. The van der Waals surface area contributed by atoms with Gasteiger partial charge in [0.05, 0.1) is 13.2 Å². The van der Waals surface area contributed by atoms with Crippen molar-refractivity contribution in [1.29, 1.82) is 0 Å². The van der Waals surface area contributed by atoms with Crippen molar-refractivity contribution in [2.45, 2.75) is 27.3 Å². The molecule has 7 nitrogen and oxygen atoms in total. The molecule has 7 heteroatoms. The van der Waals surface area contributed by atoms with Gasteiger partial charge in [0.25, 0.3) is 0 Å². The summed E-state index contributed by atoms with van der Waals surface area (Å²) in [5, 5.41) is 0. The molecule has 0 bridgehead atoms. The van der Waals surface area contributed by atoms with Gasteiger partial charge in [-0.25, -0.2) is 9.78 Å². The Balaban J connectivity index is 2.32. The van der Waals surface area contributed by atoms with Crippen molar-refractivity contribution in [1.82, 2.24) is 9.55 Å². The summed E-state index contributed by atoms with van der Waals surface area (Å²) in [6.45, 7) is 4.49. The van der Waals surface area contributed by atoms with Crippen molar-refractivity contribution in [2.24, 2.45) is 5.41 Å². The highest BCUT2D eigenvalue weighted by atomic mass is 16.5. The van der Waals surface area contributed by atoms with E-state index in [1.807, 2.05) is 0 Å². The second-order valence-electron chi connectivity index (χ2n) is 5.05. The van der Waals surface area contributed by atoms with Gasteiger partial charge >= 0.3 is 11.7 Å². The molecule has 0 aliphatic rings. The first-order valence-corrected chi connectivity index (χ1v) is 6.52. The number of Topliss-reactive ketones (excluding diaryl/α,β-unsaturated/α-hetero) is 1. The van der Waals surface area contributed by atoms with Gasteiger partial charge in [-0.05, 0) is 32.9 Å². The second kappa shape index (κ2) is 5.51. The largest absolute Gasteiger partial charge is 0.465 e. The third-order valence-electron chi connectivity index (χ3n) is 3.21. The van der Waals surface area contributed by atoms with E-state index in [1.54, 1.807) is 19.1 Å². The Morgan fingerprint density at radius 3 is 2.81 bits per heavy atom. The number of hydrogen-bond donors (Lipinski definition) is 0. The smallest absolute Gasteiger partial charge is 0.421 e. The third-order valence-corrected chi connectivity index (χ3v) is 3.21. The van der Waals surface area contributed by atoms with Gasteiger partial charge in [0.1, 0.15) is 5.41 Å². The SMILES string of the molecule is CCOC(=O)C(C)(C)C(=O)Cn1c(=O)oc2cccnc21. The zero-order chi connectivity index (χ0) is 15.6. The number of fused-ring (bicyclic) bond motifs is 1. The number of carbonyl (C=O) groups is 2. The molecule has 2 aromatic rings. The summed E-state index contributed by atoms with van der Waals surface area (Å²) in [4.78, 5) is 39.9. The van der Waals surface area contributed by atoms with Crippen molar-refractivity contribution in [3.63, 3.8) is 0 Å². The van der Waals surface area contributed by atoms with E-state index >= 15 is 0 Å². The molecule has 0 aliphatic carbocycles. The van der Waals surface area contributed by atoms with Gasteiger partial charge in [-0.2, -0.15) is 0 Å². The third kappa shape index (κ3) is 2.72. The predicted molar refractivity (Wildman–Crippen MR) is 73.7 cm³/mol. The van der Waals surface area contributed by atoms with Gasteiger partial charge in [0, 0.05) is 6.20 Å². The van der Waals surface area contributed by atoms with E-state index in [9.17, 15) is 14.4 Å². The van der Waals surface area contributed by atoms with Crippen LogP contribution in [-0.2, 0) is 20.9 Å². The molecule has 2 aromatic heterocycles. The first kappa shape index (κ1) is 15.0.